The zero-order chi connectivity index (χ0) is 17.0. The number of benzene rings is 1. The molecule has 1 aromatic carbocycles. The molecule has 1 heterocycles. The van der Waals surface area contributed by atoms with E-state index in [-0.39, 0.29) is 23.9 Å². The number of carbonyl (C=O) groups is 1. The topological polar surface area (TPSA) is 32.3 Å². The SMILES string of the molecule is CNC1CCCN(C(=O)CC(C)c2ccccc2C(F)(F)F)C1. The number of hydrogen-bond acceptors (Lipinski definition) is 2. The Morgan fingerprint density at radius 1 is 1.39 bits per heavy atom. The Labute approximate surface area is 134 Å². The number of amides is 1. The summed E-state index contributed by atoms with van der Waals surface area (Å²) in [6, 6.07) is 5.78. The van der Waals surface area contributed by atoms with Crippen molar-refractivity contribution in [3.05, 3.63) is 35.4 Å². The molecule has 2 atom stereocenters. The zero-order valence-electron chi connectivity index (χ0n) is 13.5. The molecular formula is C17H23F3N2O. The van der Waals surface area contributed by atoms with Gasteiger partial charge in [-0.05, 0) is 37.4 Å². The van der Waals surface area contributed by atoms with Crippen molar-refractivity contribution in [2.45, 2.75) is 44.3 Å². The molecule has 3 nitrogen and oxygen atoms in total. The maximum absolute atomic E-state index is 13.1. The van der Waals surface area contributed by atoms with Crippen molar-refractivity contribution in [3.8, 4) is 0 Å². The monoisotopic (exact) mass is 328 g/mol. The van der Waals surface area contributed by atoms with Crippen molar-refractivity contribution in [3.63, 3.8) is 0 Å². The second-order valence-corrected chi connectivity index (χ2v) is 6.16. The molecule has 0 radical (unpaired) electrons. The molecule has 0 spiro atoms. The summed E-state index contributed by atoms with van der Waals surface area (Å²) < 4.78 is 39.3. The Hall–Kier alpha value is -1.56. The van der Waals surface area contributed by atoms with E-state index in [1.807, 2.05) is 7.05 Å². The van der Waals surface area contributed by atoms with E-state index in [2.05, 4.69) is 5.32 Å². The van der Waals surface area contributed by atoms with Gasteiger partial charge < -0.3 is 10.2 Å². The second-order valence-electron chi connectivity index (χ2n) is 6.16. The van der Waals surface area contributed by atoms with Gasteiger partial charge in [0.1, 0.15) is 0 Å². The molecule has 1 aliphatic heterocycles. The summed E-state index contributed by atoms with van der Waals surface area (Å²) in [5.41, 5.74) is -0.456. The highest BCUT2D eigenvalue weighted by molar-refractivity contribution is 5.77. The van der Waals surface area contributed by atoms with Crippen LogP contribution in [0.2, 0.25) is 0 Å². The number of likely N-dealkylation sites (N-methyl/N-ethyl adjacent to an activating group) is 1. The number of rotatable bonds is 4. The lowest BCUT2D eigenvalue weighted by atomic mass is 9.92. The van der Waals surface area contributed by atoms with E-state index in [1.54, 1.807) is 17.9 Å². The molecule has 23 heavy (non-hydrogen) atoms. The van der Waals surface area contributed by atoms with E-state index in [0.717, 1.165) is 18.9 Å². The highest BCUT2D eigenvalue weighted by atomic mass is 19.4. The summed E-state index contributed by atoms with van der Waals surface area (Å²) in [5.74, 6) is -0.537. The number of halogens is 3. The highest BCUT2D eigenvalue weighted by Gasteiger charge is 2.34. The predicted molar refractivity (Wildman–Crippen MR) is 83.1 cm³/mol. The van der Waals surface area contributed by atoms with Gasteiger partial charge in [-0.1, -0.05) is 25.1 Å². The first kappa shape index (κ1) is 17.8. The third-order valence-corrected chi connectivity index (χ3v) is 4.46. The van der Waals surface area contributed by atoms with Crippen molar-refractivity contribution in [1.29, 1.82) is 0 Å². The van der Waals surface area contributed by atoms with Gasteiger partial charge >= 0.3 is 6.18 Å². The molecule has 128 valence electrons. The largest absolute Gasteiger partial charge is 0.416 e. The van der Waals surface area contributed by atoms with E-state index < -0.39 is 17.7 Å². The van der Waals surface area contributed by atoms with E-state index >= 15 is 0 Å². The van der Waals surface area contributed by atoms with Crippen LogP contribution in [0.4, 0.5) is 13.2 Å². The van der Waals surface area contributed by atoms with Crippen molar-refractivity contribution in [2.24, 2.45) is 0 Å². The lowest BCUT2D eigenvalue weighted by Crippen LogP contribution is -2.47. The molecule has 0 saturated carbocycles. The quantitative estimate of drug-likeness (QED) is 0.919. The summed E-state index contributed by atoms with van der Waals surface area (Å²) in [6.45, 7) is 3.00. The molecule has 1 N–H and O–H groups in total. The minimum Gasteiger partial charge on any atom is -0.341 e. The Morgan fingerprint density at radius 2 is 2.09 bits per heavy atom. The Balaban J connectivity index is 2.07. The number of nitrogens with one attached hydrogen (secondary N) is 1. The Morgan fingerprint density at radius 3 is 2.74 bits per heavy atom. The summed E-state index contributed by atoms with van der Waals surface area (Å²) in [6.07, 6.45) is -2.35. The molecule has 0 aromatic heterocycles. The summed E-state index contributed by atoms with van der Waals surface area (Å²) >= 11 is 0. The Kier molecular flexibility index (Phi) is 5.68. The van der Waals surface area contributed by atoms with Crippen molar-refractivity contribution in [1.82, 2.24) is 10.2 Å². The first-order valence-electron chi connectivity index (χ1n) is 7.94. The van der Waals surface area contributed by atoms with Crippen LogP contribution < -0.4 is 5.32 Å². The van der Waals surface area contributed by atoms with E-state index in [4.69, 9.17) is 0 Å². The highest BCUT2D eigenvalue weighted by Crippen LogP contribution is 2.36. The maximum atomic E-state index is 13.1. The fraction of sp³-hybridized carbons (Fsp3) is 0.588. The molecule has 1 aromatic rings. The van der Waals surface area contributed by atoms with Gasteiger partial charge in [0.15, 0.2) is 0 Å². The summed E-state index contributed by atoms with van der Waals surface area (Å²) in [4.78, 5) is 14.2. The third-order valence-electron chi connectivity index (χ3n) is 4.46. The van der Waals surface area contributed by atoms with Crippen LogP contribution in [0.1, 0.15) is 43.2 Å². The number of piperidine rings is 1. The summed E-state index contributed by atoms with van der Waals surface area (Å²) in [7, 11) is 1.86. The number of nitrogens with zero attached hydrogens (tertiary/aromatic N) is 1. The molecule has 0 aliphatic carbocycles. The van der Waals surface area contributed by atoms with Gasteiger partial charge in [-0.2, -0.15) is 13.2 Å². The van der Waals surface area contributed by atoms with Gasteiger partial charge in [0, 0.05) is 25.6 Å². The molecular weight excluding hydrogens is 305 g/mol. The fourth-order valence-electron chi connectivity index (χ4n) is 3.13. The minimum absolute atomic E-state index is 0.0746. The normalized spacial score (nSPS) is 20.4. The number of hydrogen-bond donors (Lipinski definition) is 1. The first-order valence-corrected chi connectivity index (χ1v) is 7.94. The second kappa shape index (κ2) is 7.34. The van der Waals surface area contributed by atoms with Gasteiger partial charge in [0.25, 0.3) is 0 Å². The molecule has 2 unspecified atom stereocenters. The van der Waals surface area contributed by atoms with Crippen LogP contribution in [0.5, 0.6) is 0 Å². The molecule has 1 saturated heterocycles. The fourth-order valence-corrected chi connectivity index (χ4v) is 3.13. The number of likely N-dealkylation sites (tertiary alicyclic amines) is 1. The van der Waals surface area contributed by atoms with Gasteiger partial charge in [-0.3, -0.25) is 4.79 Å². The van der Waals surface area contributed by atoms with Crippen molar-refractivity contribution in [2.75, 3.05) is 20.1 Å². The standard InChI is InChI=1S/C17H23F3N2O/c1-12(14-7-3-4-8-15(14)17(18,19)20)10-16(23)22-9-5-6-13(11-22)21-2/h3-4,7-8,12-13,21H,5-6,9-11H2,1-2H3. The lowest BCUT2D eigenvalue weighted by molar-refractivity contribution is -0.139. The third kappa shape index (κ3) is 4.47. The lowest BCUT2D eigenvalue weighted by Gasteiger charge is -2.33. The zero-order valence-corrected chi connectivity index (χ0v) is 13.5. The minimum atomic E-state index is -4.39. The molecule has 1 aliphatic rings. The van der Waals surface area contributed by atoms with E-state index in [9.17, 15) is 18.0 Å². The molecule has 1 amide bonds. The van der Waals surface area contributed by atoms with Crippen LogP contribution >= 0.6 is 0 Å². The number of alkyl halides is 3. The molecule has 6 heteroatoms. The molecule has 0 bridgehead atoms. The van der Waals surface area contributed by atoms with Crippen LogP contribution in [0.15, 0.2) is 24.3 Å². The number of carbonyl (C=O) groups excluding carboxylic acids is 1. The average molecular weight is 328 g/mol. The predicted octanol–water partition coefficient (Wildman–Crippen LogP) is 3.41. The van der Waals surface area contributed by atoms with Gasteiger partial charge in [-0.15, -0.1) is 0 Å². The molecule has 2 rings (SSSR count). The molecule has 1 fully saturated rings. The maximum Gasteiger partial charge on any atom is 0.416 e. The summed E-state index contributed by atoms with van der Waals surface area (Å²) in [5, 5.41) is 3.16. The van der Waals surface area contributed by atoms with E-state index in [1.165, 1.54) is 12.1 Å². The van der Waals surface area contributed by atoms with Crippen LogP contribution in [-0.4, -0.2) is 37.0 Å². The first-order chi connectivity index (χ1) is 10.8. The van der Waals surface area contributed by atoms with Crippen LogP contribution in [0, 0.1) is 0 Å². The van der Waals surface area contributed by atoms with Crippen LogP contribution in [-0.2, 0) is 11.0 Å². The smallest absolute Gasteiger partial charge is 0.341 e. The average Bonchev–Trinajstić information content (AvgIpc) is 2.54. The van der Waals surface area contributed by atoms with Gasteiger partial charge in [0.05, 0.1) is 5.56 Å². The van der Waals surface area contributed by atoms with Gasteiger partial charge in [-0.25, -0.2) is 0 Å². The Bertz CT molecular complexity index is 545. The van der Waals surface area contributed by atoms with Crippen molar-refractivity contribution < 1.29 is 18.0 Å². The van der Waals surface area contributed by atoms with Gasteiger partial charge in [0.2, 0.25) is 5.91 Å². The van der Waals surface area contributed by atoms with Crippen LogP contribution in [0.3, 0.4) is 0 Å². The van der Waals surface area contributed by atoms with Crippen LogP contribution in [0.25, 0.3) is 0 Å². The van der Waals surface area contributed by atoms with E-state index in [0.29, 0.717) is 13.1 Å². The van der Waals surface area contributed by atoms with Crippen molar-refractivity contribution >= 4 is 5.91 Å².